The van der Waals surface area contributed by atoms with E-state index in [9.17, 15) is 14.7 Å². The summed E-state index contributed by atoms with van der Waals surface area (Å²) < 4.78 is 10.9. The number of hydrogen-bond donors (Lipinski definition) is 1. The van der Waals surface area contributed by atoms with Crippen LogP contribution in [0.3, 0.4) is 0 Å². The van der Waals surface area contributed by atoms with Crippen molar-refractivity contribution in [2.45, 2.75) is 0 Å². The Hall–Kier alpha value is -3.86. The average molecular weight is 356 g/mol. The fourth-order valence-corrected chi connectivity index (χ4v) is 3.42. The third-order valence-electron chi connectivity index (χ3n) is 4.65. The lowest BCUT2D eigenvalue weighted by Gasteiger charge is -2.00. The minimum absolute atomic E-state index is 0.107. The van der Waals surface area contributed by atoms with Crippen molar-refractivity contribution in [1.29, 1.82) is 0 Å². The zero-order valence-corrected chi connectivity index (χ0v) is 13.9. The molecule has 2 aliphatic rings. The first kappa shape index (κ1) is 15.4. The van der Waals surface area contributed by atoms with E-state index < -0.39 is 11.9 Å². The number of aromatic hydroxyl groups is 1. The first-order valence-electron chi connectivity index (χ1n) is 8.34. The van der Waals surface area contributed by atoms with Crippen molar-refractivity contribution in [2.24, 2.45) is 0 Å². The Kier molecular flexibility index (Phi) is 3.18. The lowest BCUT2D eigenvalue weighted by Crippen LogP contribution is -2.11. The van der Waals surface area contributed by atoms with Crippen molar-refractivity contribution < 1.29 is 24.2 Å². The largest absolute Gasteiger partial charge is 0.508 e. The smallest absolute Gasteiger partial charge is 0.344 e. The van der Waals surface area contributed by atoms with Crippen LogP contribution < -0.4 is 19.9 Å². The van der Waals surface area contributed by atoms with E-state index in [-0.39, 0.29) is 5.75 Å². The van der Waals surface area contributed by atoms with Gasteiger partial charge in [-0.2, -0.15) is 0 Å². The van der Waals surface area contributed by atoms with Crippen LogP contribution in [0.5, 0.6) is 17.2 Å². The van der Waals surface area contributed by atoms with Crippen LogP contribution in [-0.2, 0) is 9.59 Å². The molecule has 0 bridgehead atoms. The van der Waals surface area contributed by atoms with E-state index in [0.29, 0.717) is 38.6 Å². The summed E-state index contributed by atoms with van der Waals surface area (Å²) in [5, 5.41) is 10.6. The van der Waals surface area contributed by atoms with Gasteiger partial charge in [-0.25, -0.2) is 9.59 Å². The fourth-order valence-electron chi connectivity index (χ4n) is 3.42. The van der Waals surface area contributed by atoms with E-state index >= 15 is 0 Å². The van der Waals surface area contributed by atoms with Crippen LogP contribution in [0.15, 0.2) is 66.7 Å². The molecular formula is C22H12O5. The van der Waals surface area contributed by atoms with Gasteiger partial charge in [0, 0.05) is 10.4 Å². The first-order valence-corrected chi connectivity index (χ1v) is 8.34. The average Bonchev–Trinajstić information content (AvgIpc) is 3.15. The summed E-state index contributed by atoms with van der Waals surface area (Å²) in [5.41, 5.74) is 2.18. The number of rotatable bonds is 2. The van der Waals surface area contributed by atoms with E-state index in [2.05, 4.69) is 0 Å². The molecule has 2 heterocycles. The number of phenols is 1. The molecule has 0 atom stereocenters. The number of carbonyl (C=O) groups is 2. The maximum absolute atomic E-state index is 12.4. The molecule has 0 amide bonds. The Morgan fingerprint density at radius 1 is 0.630 bits per heavy atom. The van der Waals surface area contributed by atoms with E-state index in [0.717, 1.165) is 5.56 Å². The number of hydrogen-bond acceptors (Lipinski definition) is 5. The molecule has 130 valence electrons. The van der Waals surface area contributed by atoms with Crippen molar-refractivity contribution in [3.63, 3.8) is 0 Å². The third kappa shape index (κ3) is 2.33. The molecule has 3 aromatic carbocycles. The van der Waals surface area contributed by atoms with Gasteiger partial charge >= 0.3 is 11.9 Å². The quantitative estimate of drug-likeness (QED) is 0.558. The second kappa shape index (κ2) is 5.57. The van der Waals surface area contributed by atoms with Crippen LogP contribution in [0, 0.1) is 0 Å². The minimum Gasteiger partial charge on any atom is -0.508 e. The second-order valence-corrected chi connectivity index (χ2v) is 6.29. The first-order chi connectivity index (χ1) is 13.1. The molecule has 1 N–H and O–H groups in total. The van der Waals surface area contributed by atoms with Crippen molar-refractivity contribution in [3.05, 3.63) is 88.3 Å². The Morgan fingerprint density at radius 2 is 1.11 bits per heavy atom. The van der Waals surface area contributed by atoms with E-state index in [4.69, 9.17) is 9.47 Å². The second-order valence-electron chi connectivity index (χ2n) is 6.29. The highest BCUT2D eigenvalue weighted by atomic mass is 16.5. The lowest BCUT2D eigenvalue weighted by atomic mass is 10.0. The normalized spacial score (nSPS) is 14.7. The number of esters is 2. The van der Waals surface area contributed by atoms with Crippen molar-refractivity contribution in [1.82, 2.24) is 0 Å². The van der Waals surface area contributed by atoms with Crippen molar-refractivity contribution in [2.75, 3.05) is 0 Å². The molecule has 27 heavy (non-hydrogen) atoms. The van der Waals surface area contributed by atoms with Crippen molar-refractivity contribution >= 4 is 23.1 Å². The van der Waals surface area contributed by atoms with Gasteiger partial charge in [0.2, 0.25) is 0 Å². The molecule has 0 saturated carbocycles. The van der Waals surface area contributed by atoms with Gasteiger partial charge in [-0.1, -0.05) is 42.5 Å². The summed E-state index contributed by atoms with van der Waals surface area (Å²) >= 11 is 0. The van der Waals surface area contributed by atoms with Crippen LogP contribution in [0.2, 0.25) is 0 Å². The number of benzene rings is 3. The molecule has 5 rings (SSSR count). The maximum atomic E-state index is 12.4. The predicted octanol–water partition coefficient (Wildman–Crippen LogP) is 1.63. The molecule has 0 spiro atoms. The van der Waals surface area contributed by atoms with Gasteiger partial charge in [-0.15, -0.1) is 0 Å². The van der Waals surface area contributed by atoms with Crippen LogP contribution in [0.4, 0.5) is 0 Å². The lowest BCUT2D eigenvalue weighted by molar-refractivity contribution is -0.128. The SMILES string of the molecule is O=C1Oc2cc3c(cc2=C1c1ccccc1)OC(=O)C=3c1ccc(O)cc1. The van der Waals surface area contributed by atoms with E-state index in [1.165, 1.54) is 12.1 Å². The van der Waals surface area contributed by atoms with Crippen molar-refractivity contribution in [3.8, 4) is 17.2 Å². The van der Waals surface area contributed by atoms with E-state index in [1.807, 2.05) is 30.3 Å². The minimum atomic E-state index is -0.480. The van der Waals surface area contributed by atoms with Gasteiger partial charge in [0.15, 0.2) is 0 Å². The molecule has 2 aliphatic heterocycles. The molecular weight excluding hydrogens is 344 g/mol. The molecule has 0 aromatic heterocycles. The summed E-state index contributed by atoms with van der Waals surface area (Å²) in [6.45, 7) is 0. The molecule has 0 saturated heterocycles. The molecule has 0 unspecified atom stereocenters. The molecule has 0 fully saturated rings. The highest BCUT2D eigenvalue weighted by molar-refractivity contribution is 6.21. The van der Waals surface area contributed by atoms with Gasteiger partial charge in [0.25, 0.3) is 0 Å². The number of phenolic OH excluding ortho intramolecular Hbond substituents is 1. The molecule has 5 nitrogen and oxygen atoms in total. The molecule has 5 heteroatoms. The zero-order chi connectivity index (χ0) is 18.5. The van der Waals surface area contributed by atoms with Gasteiger partial charge in [0.1, 0.15) is 17.2 Å². The summed E-state index contributed by atoms with van der Waals surface area (Å²) in [6.07, 6.45) is 0. The standard InChI is InChI=1S/C22H12O5/c23-14-8-6-13(7-9-14)20-16-11-17-15(10-18(16)27-22(20)25)19(21(24)26-17)12-4-2-1-3-5-12/h1-11,23H. The van der Waals surface area contributed by atoms with E-state index in [1.54, 1.807) is 24.3 Å². The van der Waals surface area contributed by atoms with Gasteiger partial charge < -0.3 is 14.6 Å². The number of carbonyl (C=O) groups excluding carboxylic acids is 2. The molecule has 0 radical (unpaired) electrons. The Morgan fingerprint density at radius 3 is 1.63 bits per heavy atom. The summed E-state index contributed by atoms with van der Waals surface area (Å²) in [5.74, 6) is -0.0269. The van der Waals surface area contributed by atoms with Crippen LogP contribution >= 0.6 is 0 Å². The maximum Gasteiger partial charge on any atom is 0.344 e. The van der Waals surface area contributed by atoms with Gasteiger partial charge in [-0.3, -0.25) is 0 Å². The summed E-state index contributed by atoms with van der Waals surface area (Å²) in [7, 11) is 0. The number of ether oxygens (including phenoxy) is 2. The van der Waals surface area contributed by atoms with Crippen LogP contribution in [0.1, 0.15) is 11.1 Å². The van der Waals surface area contributed by atoms with Crippen LogP contribution in [-0.4, -0.2) is 17.0 Å². The summed E-state index contributed by atoms with van der Waals surface area (Å²) in [6, 6.07) is 18.8. The third-order valence-corrected chi connectivity index (χ3v) is 4.65. The van der Waals surface area contributed by atoms with Gasteiger partial charge in [0.05, 0.1) is 11.1 Å². The number of fused-ring (bicyclic) bond motifs is 2. The van der Waals surface area contributed by atoms with Gasteiger partial charge in [-0.05, 0) is 35.4 Å². The topological polar surface area (TPSA) is 72.8 Å². The molecule has 0 aliphatic carbocycles. The predicted molar refractivity (Wildman–Crippen MR) is 96.5 cm³/mol. The summed E-state index contributed by atoms with van der Waals surface area (Å²) in [4.78, 5) is 24.8. The van der Waals surface area contributed by atoms with Crippen LogP contribution in [0.25, 0.3) is 11.1 Å². The Labute approximate surface area is 153 Å². The Balaban J connectivity index is 1.78. The fraction of sp³-hybridized carbons (Fsp3) is 0. The monoisotopic (exact) mass is 356 g/mol. The highest BCUT2D eigenvalue weighted by Gasteiger charge is 2.30. The highest BCUT2D eigenvalue weighted by Crippen LogP contribution is 2.27. The molecule has 3 aromatic rings. The zero-order valence-electron chi connectivity index (χ0n) is 13.9. The Bertz CT molecular complexity index is 1240.